The molecule has 0 unspecified atom stereocenters. The fraction of sp³-hybridized carbons (Fsp3) is 0.208. The number of hydrogen-bond acceptors (Lipinski definition) is 3. The van der Waals surface area contributed by atoms with Crippen molar-refractivity contribution in [2.24, 2.45) is 0 Å². The molecule has 0 spiro atoms. The van der Waals surface area contributed by atoms with E-state index in [-0.39, 0.29) is 15.5 Å². The van der Waals surface area contributed by atoms with Crippen molar-refractivity contribution >= 4 is 33.2 Å². The molecular formula is C24H23ClN2O3S. The molecule has 0 bridgehead atoms. The topological polar surface area (TPSA) is 66.5 Å². The molecule has 31 heavy (non-hydrogen) atoms. The van der Waals surface area contributed by atoms with Gasteiger partial charge in [-0.1, -0.05) is 54.1 Å². The Labute approximate surface area is 187 Å². The van der Waals surface area contributed by atoms with Crippen molar-refractivity contribution in [3.63, 3.8) is 0 Å². The maximum atomic E-state index is 13.4. The van der Waals surface area contributed by atoms with E-state index in [1.54, 1.807) is 0 Å². The zero-order valence-electron chi connectivity index (χ0n) is 17.1. The van der Waals surface area contributed by atoms with Crippen molar-refractivity contribution in [2.45, 2.75) is 31.2 Å². The van der Waals surface area contributed by atoms with E-state index in [1.807, 2.05) is 55.5 Å². The number of nitrogens with one attached hydrogen (secondary N) is 1. The number of carbonyl (C=O) groups is 1. The van der Waals surface area contributed by atoms with Crippen molar-refractivity contribution in [2.75, 3.05) is 10.8 Å². The third kappa shape index (κ3) is 4.31. The number of halogens is 1. The number of carbonyl (C=O) groups excluding carboxylic acids is 1. The second-order valence-corrected chi connectivity index (χ2v) is 9.83. The molecule has 0 atom stereocenters. The van der Waals surface area contributed by atoms with Crippen LogP contribution in [0.4, 0.5) is 5.69 Å². The van der Waals surface area contributed by atoms with Crippen LogP contribution < -0.4 is 9.62 Å². The van der Waals surface area contributed by atoms with Gasteiger partial charge in [-0.15, -0.1) is 0 Å². The van der Waals surface area contributed by atoms with Gasteiger partial charge in [0.15, 0.2) is 0 Å². The lowest BCUT2D eigenvalue weighted by molar-refractivity contribution is 0.0951. The van der Waals surface area contributed by atoms with E-state index in [0.717, 1.165) is 29.5 Å². The summed E-state index contributed by atoms with van der Waals surface area (Å²) in [6.45, 7) is 2.70. The largest absolute Gasteiger partial charge is 0.348 e. The highest BCUT2D eigenvalue weighted by Gasteiger charge is 2.29. The van der Waals surface area contributed by atoms with Crippen LogP contribution in [0.2, 0.25) is 5.02 Å². The molecule has 3 aromatic carbocycles. The van der Waals surface area contributed by atoms with Gasteiger partial charge in [-0.3, -0.25) is 9.10 Å². The molecular weight excluding hydrogens is 432 g/mol. The van der Waals surface area contributed by atoms with E-state index in [1.165, 1.54) is 22.5 Å². The van der Waals surface area contributed by atoms with Crippen LogP contribution in [0.25, 0.3) is 0 Å². The van der Waals surface area contributed by atoms with Crippen LogP contribution in [0.3, 0.4) is 0 Å². The van der Waals surface area contributed by atoms with Crippen molar-refractivity contribution in [3.05, 3.63) is 94.0 Å². The Morgan fingerprint density at radius 1 is 1.06 bits per heavy atom. The molecule has 160 valence electrons. The van der Waals surface area contributed by atoms with E-state index in [0.29, 0.717) is 18.8 Å². The zero-order valence-corrected chi connectivity index (χ0v) is 18.7. The average molecular weight is 455 g/mol. The number of nitrogens with zero attached hydrogens (tertiary/aromatic N) is 1. The number of hydrogen-bond donors (Lipinski definition) is 1. The summed E-state index contributed by atoms with van der Waals surface area (Å²) in [5.74, 6) is -0.413. The number of fused-ring (bicyclic) bond motifs is 1. The summed E-state index contributed by atoms with van der Waals surface area (Å²) < 4.78 is 28.2. The van der Waals surface area contributed by atoms with Gasteiger partial charge in [0, 0.05) is 13.1 Å². The number of benzene rings is 3. The van der Waals surface area contributed by atoms with E-state index in [2.05, 4.69) is 5.32 Å². The summed E-state index contributed by atoms with van der Waals surface area (Å²) in [5.41, 5.74) is 3.88. The van der Waals surface area contributed by atoms with Gasteiger partial charge in [0.25, 0.3) is 15.9 Å². The van der Waals surface area contributed by atoms with Crippen LogP contribution in [-0.4, -0.2) is 20.9 Å². The van der Waals surface area contributed by atoms with Crippen LogP contribution in [0.5, 0.6) is 0 Å². The van der Waals surface area contributed by atoms with Gasteiger partial charge in [0.1, 0.15) is 0 Å². The number of para-hydroxylation sites is 1. The molecule has 4 rings (SSSR count). The van der Waals surface area contributed by atoms with Crippen molar-refractivity contribution in [1.82, 2.24) is 5.32 Å². The molecule has 1 amide bonds. The minimum absolute atomic E-state index is 0.0506. The first-order chi connectivity index (χ1) is 14.9. The number of amides is 1. The maximum Gasteiger partial charge on any atom is 0.264 e. The monoisotopic (exact) mass is 454 g/mol. The molecule has 1 aliphatic rings. The predicted octanol–water partition coefficient (Wildman–Crippen LogP) is 4.72. The third-order valence-corrected chi connectivity index (χ3v) is 7.68. The Morgan fingerprint density at radius 2 is 1.81 bits per heavy atom. The molecule has 0 aliphatic carbocycles. The summed E-state index contributed by atoms with van der Waals surface area (Å²) in [6, 6.07) is 19.5. The van der Waals surface area contributed by atoms with Gasteiger partial charge >= 0.3 is 0 Å². The highest BCUT2D eigenvalue weighted by atomic mass is 35.5. The van der Waals surface area contributed by atoms with Crippen molar-refractivity contribution < 1.29 is 13.2 Å². The standard InChI is InChI=1S/C24H23ClN2O3S/c1-17-7-2-3-9-19(17)16-26-24(28)21-15-20(12-13-22(21)25)31(29,30)27-14-6-10-18-8-4-5-11-23(18)27/h2-5,7-9,11-13,15H,6,10,14,16H2,1H3,(H,26,28). The lowest BCUT2D eigenvalue weighted by Gasteiger charge is -2.30. The van der Waals surface area contributed by atoms with E-state index < -0.39 is 15.9 Å². The molecule has 7 heteroatoms. The lowest BCUT2D eigenvalue weighted by Crippen LogP contribution is -2.35. The molecule has 0 aromatic heterocycles. The highest BCUT2D eigenvalue weighted by molar-refractivity contribution is 7.92. The van der Waals surface area contributed by atoms with Crippen LogP contribution in [0.1, 0.15) is 33.5 Å². The minimum Gasteiger partial charge on any atom is -0.348 e. The van der Waals surface area contributed by atoms with E-state index in [4.69, 9.17) is 11.6 Å². The van der Waals surface area contributed by atoms with Crippen LogP contribution in [-0.2, 0) is 23.0 Å². The van der Waals surface area contributed by atoms with E-state index in [9.17, 15) is 13.2 Å². The molecule has 0 fully saturated rings. The van der Waals surface area contributed by atoms with Gasteiger partial charge in [0.05, 0.1) is 21.2 Å². The molecule has 1 N–H and O–H groups in total. The van der Waals surface area contributed by atoms with Crippen LogP contribution in [0, 0.1) is 6.92 Å². The summed E-state index contributed by atoms with van der Waals surface area (Å²) in [6.07, 6.45) is 1.59. The first kappa shape index (κ1) is 21.4. The van der Waals surface area contributed by atoms with Crippen molar-refractivity contribution in [3.8, 4) is 0 Å². The van der Waals surface area contributed by atoms with Gasteiger partial charge < -0.3 is 5.32 Å². The average Bonchev–Trinajstić information content (AvgIpc) is 2.78. The van der Waals surface area contributed by atoms with Gasteiger partial charge in [-0.25, -0.2) is 8.42 Å². The summed E-state index contributed by atoms with van der Waals surface area (Å²) in [7, 11) is -3.83. The highest BCUT2D eigenvalue weighted by Crippen LogP contribution is 2.32. The molecule has 0 saturated heterocycles. The molecule has 5 nitrogen and oxygen atoms in total. The number of aryl methyl sites for hydroxylation is 2. The van der Waals surface area contributed by atoms with Gasteiger partial charge in [-0.2, -0.15) is 0 Å². The van der Waals surface area contributed by atoms with Gasteiger partial charge in [-0.05, 0) is 60.7 Å². The van der Waals surface area contributed by atoms with E-state index >= 15 is 0 Å². The zero-order chi connectivity index (χ0) is 22.0. The normalized spacial score (nSPS) is 13.5. The molecule has 0 radical (unpaired) electrons. The number of anilines is 1. The third-order valence-electron chi connectivity index (χ3n) is 5.54. The predicted molar refractivity (Wildman–Crippen MR) is 123 cm³/mol. The fourth-order valence-corrected chi connectivity index (χ4v) is 5.57. The number of sulfonamides is 1. The fourth-order valence-electron chi connectivity index (χ4n) is 3.79. The van der Waals surface area contributed by atoms with Crippen LogP contribution in [0.15, 0.2) is 71.6 Å². The Balaban J connectivity index is 1.62. The lowest BCUT2D eigenvalue weighted by atomic mass is 10.0. The summed E-state index contributed by atoms with van der Waals surface area (Å²) in [4.78, 5) is 12.9. The second kappa shape index (κ2) is 8.73. The Hall–Kier alpha value is -2.83. The summed E-state index contributed by atoms with van der Waals surface area (Å²) in [5, 5.41) is 3.05. The first-order valence-electron chi connectivity index (χ1n) is 10.1. The maximum absolute atomic E-state index is 13.4. The SMILES string of the molecule is Cc1ccccc1CNC(=O)c1cc(S(=O)(=O)N2CCCc3ccccc32)ccc1Cl. The smallest absolute Gasteiger partial charge is 0.264 e. The molecule has 3 aromatic rings. The molecule has 1 heterocycles. The Bertz CT molecular complexity index is 1240. The van der Waals surface area contributed by atoms with Crippen LogP contribution >= 0.6 is 11.6 Å². The minimum atomic E-state index is -3.83. The molecule has 0 saturated carbocycles. The number of rotatable bonds is 5. The Kier molecular flexibility index (Phi) is 6.03. The first-order valence-corrected chi connectivity index (χ1v) is 11.9. The Morgan fingerprint density at radius 3 is 2.61 bits per heavy atom. The molecule has 1 aliphatic heterocycles. The van der Waals surface area contributed by atoms with Crippen molar-refractivity contribution in [1.29, 1.82) is 0 Å². The summed E-state index contributed by atoms with van der Waals surface area (Å²) >= 11 is 6.25. The second-order valence-electron chi connectivity index (χ2n) is 7.56. The quantitative estimate of drug-likeness (QED) is 0.606. The van der Waals surface area contributed by atoms with Gasteiger partial charge in [0.2, 0.25) is 0 Å².